The van der Waals surface area contributed by atoms with Gasteiger partial charge < -0.3 is 4.98 Å². The first-order chi connectivity index (χ1) is 7.46. The summed E-state index contributed by atoms with van der Waals surface area (Å²) in [7, 11) is -2.18. The highest BCUT2D eigenvalue weighted by atomic mass is 32.2. The first-order valence-electron chi connectivity index (χ1n) is 4.35. The third kappa shape index (κ3) is 2.41. The number of halogens is 3. The highest BCUT2D eigenvalue weighted by Crippen LogP contribution is 2.20. The molecule has 1 unspecified atom stereocenters. The number of H-pyrrole nitrogens is 1. The van der Waals surface area contributed by atoms with Crippen LogP contribution in [0.5, 0.6) is 0 Å². The van der Waals surface area contributed by atoms with Gasteiger partial charge in [0.1, 0.15) is 5.75 Å². The molecule has 0 aliphatic carbocycles. The first-order valence-corrected chi connectivity index (χ1v) is 5.67. The second kappa shape index (κ2) is 3.89. The van der Waals surface area contributed by atoms with Gasteiger partial charge in [-0.1, -0.05) is 12.1 Å². The summed E-state index contributed by atoms with van der Waals surface area (Å²) in [5.41, 5.74) is 1.08. The zero-order valence-corrected chi connectivity index (χ0v) is 8.73. The van der Waals surface area contributed by atoms with Gasteiger partial charge in [-0.15, -0.1) is 0 Å². The van der Waals surface area contributed by atoms with Gasteiger partial charge in [0.25, 0.3) is 0 Å². The van der Waals surface area contributed by atoms with E-state index in [1.807, 2.05) is 0 Å². The monoisotopic (exact) mass is 248 g/mol. The van der Waals surface area contributed by atoms with Crippen molar-refractivity contribution in [3.05, 3.63) is 24.3 Å². The number of imidazole rings is 1. The number of alkyl halides is 3. The molecule has 0 radical (unpaired) electrons. The number of rotatable bonds is 2. The van der Waals surface area contributed by atoms with Crippen molar-refractivity contribution in [3.63, 3.8) is 0 Å². The molecule has 0 spiro atoms. The van der Waals surface area contributed by atoms with Crippen LogP contribution in [-0.2, 0) is 10.8 Å². The number of aromatic amines is 1. The lowest BCUT2D eigenvalue weighted by Crippen LogP contribution is -2.19. The Hall–Kier alpha value is -1.37. The molecule has 0 fully saturated rings. The van der Waals surface area contributed by atoms with Gasteiger partial charge in [-0.3, -0.25) is 4.21 Å². The van der Waals surface area contributed by atoms with Crippen LogP contribution in [-0.4, -0.2) is 26.1 Å². The van der Waals surface area contributed by atoms with Gasteiger partial charge in [-0.05, 0) is 12.1 Å². The zero-order valence-electron chi connectivity index (χ0n) is 7.91. The first kappa shape index (κ1) is 11.1. The third-order valence-corrected chi connectivity index (χ3v) is 3.09. The Morgan fingerprint density at radius 3 is 2.62 bits per heavy atom. The Labute approximate surface area is 91.1 Å². The molecule has 1 heterocycles. The molecule has 2 aromatic rings. The van der Waals surface area contributed by atoms with E-state index in [4.69, 9.17) is 0 Å². The molecule has 2 rings (SSSR count). The molecular weight excluding hydrogens is 241 g/mol. The van der Waals surface area contributed by atoms with E-state index in [2.05, 4.69) is 9.97 Å². The lowest BCUT2D eigenvalue weighted by Gasteiger charge is -2.02. The third-order valence-electron chi connectivity index (χ3n) is 1.88. The average Bonchev–Trinajstić information content (AvgIpc) is 2.58. The number of hydrogen-bond donors (Lipinski definition) is 1. The quantitative estimate of drug-likeness (QED) is 0.885. The number of nitrogens with one attached hydrogen (secondary N) is 1. The Bertz CT molecular complexity index is 502. The van der Waals surface area contributed by atoms with Gasteiger partial charge in [0.15, 0.2) is 5.16 Å². The predicted octanol–water partition coefficient (Wildman–Crippen LogP) is 2.23. The standard InChI is InChI=1S/C9H7F3N2OS/c10-9(11,12)5-16(15)8-13-6-3-1-2-4-7(6)14-8/h1-4H,5H2,(H,13,14). The van der Waals surface area contributed by atoms with Crippen LogP contribution in [0.25, 0.3) is 11.0 Å². The molecule has 0 saturated carbocycles. The minimum Gasteiger partial charge on any atom is -0.331 e. The van der Waals surface area contributed by atoms with Crippen molar-refractivity contribution in [1.82, 2.24) is 9.97 Å². The maximum atomic E-state index is 12.0. The van der Waals surface area contributed by atoms with E-state index >= 15 is 0 Å². The van der Waals surface area contributed by atoms with Crippen molar-refractivity contribution in [1.29, 1.82) is 0 Å². The topological polar surface area (TPSA) is 45.8 Å². The lowest BCUT2D eigenvalue weighted by molar-refractivity contribution is -0.105. The Kier molecular flexibility index (Phi) is 2.71. The van der Waals surface area contributed by atoms with Crippen LogP contribution < -0.4 is 0 Å². The fraction of sp³-hybridized carbons (Fsp3) is 0.222. The van der Waals surface area contributed by atoms with Crippen LogP contribution in [0.4, 0.5) is 13.2 Å². The molecule has 0 amide bonds. The molecule has 1 aromatic heterocycles. The summed E-state index contributed by atoms with van der Waals surface area (Å²) in [5.74, 6) is -1.38. The molecule has 0 bridgehead atoms. The van der Waals surface area contributed by atoms with E-state index in [1.54, 1.807) is 24.3 Å². The second-order valence-electron chi connectivity index (χ2n) is 3.16. The van der Waals surface area contributed by atoms with E-state index in [1.165, 1.54) is 0 Å². The zero-order chi connectivity index (χ0) is 11.8. The van der Waals surface area contributed by atoms with Crippen molar-refractivity contribution in [3.8, 4) is 0 Å². The predicted molar refractivity (Wildman–Crippen MR) is 53.4 cm³/mol. The Morgan fingerprint density at radius 2 is 2.00 bits per heavy atom. The summed E-state index contributed by atoms with van der Waals surface area (Å²) < 4.78 is 47.4. The number of hydrogen-bond acceptors (Lipinski definition) is 2. The number of nitrogens with zero attached hydrogens (tertiary/aromatic N) is 1. The van der Waals surface area contributed by atoms with E-state index in [9.17, 15) is 17.4 Å². The van der Waals surface area contributed by atoms with Crippen LogP contribution >= 0.6 is 0 Å². The van der Waals surface area contributed by atoms with Gasteiger partial charge in [-0.25, -0.2) is 4.98 Å². The van der Waals surface area contributed by atoms with Crippen LogP contribution in [0.15, 0.2) is 29.4 Å². The highest BCUT2D eigenvalue weighted by molar-refractivity contribution is 7.84. The molecule has 0 aliphatic rings. The van der Waals surface area contributed by atoms with Gasteiger partial charge >= 0.3 is 6.18 Å². The smallest absolute Gasteiger partial charge is 0.331 e. The molecule has 1 aromatic carbocycles. The maximum absolute atomic E-state index is 12.0. The lowest BCUT2D eigenvalue weighted by atomic mass is 10.3. The highest BCUT2D eigenvalue weighted by Gasteiger charge is 2.32. The fourth-order valence-corrected chi connectivity index (χ4v) is 2.11. The van der Waals surface area contributed by atoms with Crippen molar-refractivity contribution < 1.29 is 17.4 Å². The van der Waals surface area contributed by atoms with E-state index in [0.29, 0.717) is 11.0 Å². The van der Waals surface area contributed by atoms with Crippen molar-refractivity contribution >= 4 is 21.8 Å². The van der Waals surface area contributed by atoms with Crippen LogP contribution in [0.2, 0.25) is 0 Å². The van der Waals surface area contributed by atoms with Crippen LogP contribution in [0.1, 0.15) is 0 Å². The Balaban J connectivity index is 2.30. The van der Waals surface area contributed by atoms with Crippen molar-refractivity contribution in [2.45, 2.75) is 11.3 Å². The molecule has 1 atom stereocenters. The molecule has 1 N–H and O–H groups in total. The minimum atomic E-state index is -4.45. The summed E-state index contributed by atoms with van der Waals surface area (Å²) >= 11 is 0. The molecular formula is C9H7F3N2OS. The molecule has 0 saturated heterocycles. The normalized spacial score (nSPS) is 14.2. The average molecular weight is 248 g/mol. The summed E-state index contributed by atoms with van der Waals surface area (Å²) in [5, 5.41) is -0.140. The van der Waals surface area contributed by atoms with Gasteiger partial charge in [-0.2, -0.15) is 13.2 Å². The number of aromatic nitrogens is 2. The van der Waals surface area contributed by atoms with E-state index in [-0.39, 0.29) is 5.16 Å². The molecule has 16 heavy (non-hydrogen) atoms. The van der Waals surface area contributed by atoms with Gasteiger partial charge in [0.05, 0.1) is 21.8 Å². The van der Waals surface area contributed by atoms with Crippen LogP contribution in [0.3, 0.4) is 0 Å². The maximum Gasteiger partial charge on any atom is 0.400 e. The van der Waals surface area contributed by atoms with Gasteiger partial charge in [0.2, 0.25) is 0 Å². The molecule has 86 valence electrons. The molecule has 7 heteroatoms. The number of fused-ring (bicyclic) bond motifs is 1. The summed E-state index contributed by atoms with van der Waals surface area (Å²) in [6.07, 6.45) is -4.45. The molecule has 3 nitrogen and oxygen atoms in total. The summed E-state index contributed by atoms with van der Waals surface area (Å²) in [4.78, 5) is 6.45. The summed E-state index contributed by atoms with van der Waals surface area (Å²) in [6.45, 7) is 0. The van der Waals surface area contributed by atoms with Crippen molar-refractivity contribution in [2.75, 3.05) is 5.75 Å². The van der Waals surface area contributed by atoms with E-state index < -0.39 is 22.7 Å². The number of benzene rings is 1. The van der Waals surface area contributed by atoms with Crippen LogP contribution in [0, 0.1) is 0 Å². The number of para-hydroxylation sites is 2. The van der Waals surface area contributed by atoms with Crippen molar-refractivity contribution in [2.24, 2.45) is 0 Å². The van der Waals surface area contributed by atoms with Gasteiger partial charge in [0, 0.05) is 0 Å². The SMILES string of the molecule is O=S(CC(F)(F)F)c1nc2ccccc2[nH]1. The second-order valence-corrected chi connectivity index (χ2v) is 4.53. The van der Waals surface area contributed by atoms with E-state index in [0.717, 1.165) is 0 Å². The molecule has 0 aliphatic heterocycles. The Morgan fingerprint density at radius 1 is 1.31 bits per heavy atom. The largest absolute Gasteiger partial charge is 0.400 e. The fourth-order valence-electron chi connectivity index (χ4n) is 1.25. The summed E-state index contributed by atoms with van der Waals surface area (Å²) in [6, 6.07) is 6.73. The minimum absolute atomic E-state index is 0.140.